The molecule has 0 saturated carbocycles. The number of carbonyl (C=O) groups excluding carboxylic acids is 1. The lowest BCUT2D eigenvalue weighted by atomic mass is 9.97. The monoisotopic (exact) mass is 383 g/mol. The Kier molecular flexibility index (Phi) is 6.85. The maximum absolute atomic E-state index is 12.6. The van der Waals surface area contributed by atoms with Crippen molar-refractivity contribution < 1.29 is 4.79 Å². The Morgan fingerprint density at radius 2 is 2.07 bits per heavy atom. The van der Waals surface area contributed by atoms with Gasteiger partial charge >= 0.3 is 5.69 Å². The molecule has 6 nitrogen and oxygen atoms in total. The van der Waals surface area contributed by atoms with E-state index < -0.39 is 5.69 Å². The predicted octanol–water partition coefficient (Wildman–Crippen LogP) is 3.50. The van der Waals surface area contributed by atoms with Crippen LogP contribution in [0.1, 0.15) is 68.6 Å². The van der Waals surface area contributed by atoms with Gasteiger partial charge in [0.2, 0.25) is 0 Å². The number of hydrogen-bond donors (Lipinski definition) is 2. The molecular formula is C22H29N3O3. The van der Waals surface area contributed by atoms with Crippen LogP contribution >= 0.6 is 0 Å². The second kappa shape index (κ2) is 9.53. The number of hydrogen-bond acceptors (Lipinski definition) is 3. The van der Waals surface area contributed by atoms with Crippen molar-refractivity contribution in [2.45, 2.75) is 64.8 Å². The van der Waals surface area contributed by atoms with E-state index in [1.807, 2.05) is 0 Å². The Bertz CT molecular complexity index is 985. The summed E-state index contributed by atoms with van der Waals surface area (Å²) in [4.78, 5) is 40.1. The molecule has 2 N–H and O–H groups in total. The van der Waals surface area contributed by atoms with Crippen molar-refractivity contribution >= 4 is 16.8 Å². The summed E-state index contributed by atoms with van der Waals surface area (Å²) in [5, 5.41) is 3.36. The summed E-state index contributed by atoms with van der Waals surface area (Å²) >= 11 is 0. The SMILES string of the molecule is CCCCCn1c(=O)[nH]c2cc(C(=O)NCCC3=CCCCC3)ccc2c1=O. The van der Waals surface area contributed by atoms with Crippen molar-refractivity contribution in [1.82, 2.24) is 14.9 Å². The third kappa shape index (κ3) is 4.80. The maximum Gasteiger partial charge on any atom is 0.328 e. The lowest BCUT2D eigenvalue weighted by Gasteiger charge is -2.13. The molecule has 1 amide bonds. The van der Waals surface area contributed by atoms with Crippen LogP contribution in [0.4, 0.5) is 0 Å². The third-order valence-corrected chi connectivity index (χ3v) is 5.35. The van der Waals surface area contributed by atoms with Gasteiger partial charge in [-0.1, -0.05) is 31.4 Å². The highest BCUT2D eigenvalue weighted by Crippen LogP contribution is 2.19. The molecule has 0 radical (unpaired) electrons. The third-order valence-electron chi connectivity index (χ3n) is 5.35. The molecule has 0 bridgehead atoms. The molecule has 1 aromatic heterocycles. The van der Waals surface area contributed by atoms with Crippen molar-refractivity contribution in [2.75, 3.05) is 6.54 Å². The Hall–Kier alpha value is -2.63. The highest BCUT2D eigenvalue weighted by atomic mass is 16.2. The lowest BCUT2D eigenvalue weighted by molar-refractivity contribution is 0.0954. The minimum atomic E-state index is -0.421. The molecule has 0 unspecified atom stereocenters. The Balaban J connectivity index is 1.71. The van der Waals surface area contributed by atoms with Gasteiger partial charge in [0.25, 0.3) is 11.5 Å². The van der Waals surface area contributed by atoms with E-state index in [-0.39, 0.29) is 11.5 Å². The number of allylic oxidation sites excluding steroid dienone is 1. The van der Waals surface area contributed by atoms with E-state index in [4.69, 9.17) is 0 Å². The second-order valence-electron chi connectivity index (χ2n) is 7.47. The van der Waals surface area contributed by atoms with E-state index >= 15 is 0 Å². The molecule has 6 heteroatoms. The van der Waals surface area contributed by atoms with E-state index in [0.29, 0.717) is 29.6 Å². The van der Waals surface area contributed by atoms with Gasteiger partial charge < -0.3 is 10.3 Å². The average molecular weight is 383 g/mol. The number of rotatable bonds is 8. The molecule has 0 saturated heterocycles. The van der Waals surface area contributed by atoms with Crippen molar-refractivity contribution in [2.24, 2.45) is 0 Å². The Morgan fingerprint density at radius 1 is 1.21 bits per heavy atom. The van der Waals surface area contributed by atoms with Crippen molar-refractivity contribution in [3.8, 4) is 0 Å². The van der Waals surface area contributed by atoms with Crippen LogP contribution < -0.4 is 16.6 Å². The summed E-state index contributed by atoms with van der Waals surface area (Å²) in [6.07, 6.45) is 10.7. The maximum atomic E-state index is 12.6. The molecule has 0 atom stereocenters. The quantitative estimate of drug-likeness (QED) is 0.540. The summed E-state index contributed by atoms with van der Waals surface area (Å²) in [6, 6.07) is 4.86. The minimum absolute atomic E-state index is 0.189. The first-order valence-electron chi connectivity index (χ1n) is 10.3. The van der Waals surface area contributed by atoms with Gasteiger partial charge in [-0.05, 0) is 56.7 Å². The van der Waals surface area contributed by atoms with Crippen molar-refractivity contribution in [3.05, 3.63) is 56.2 Å². The summed E-state index contributed by atoms with van der Waals surface area (Å²) in [7, 11) is 0. The van der Waals surface area contributed by atoms with Crippen LogP contribution in [-0.2, 0) is 6.54 Å². The second-order valence-corrected chi connectivity index (χ2v) is 7.47. The molecule has 3 rings (SSSR count). The topological polar surface area (TPSA) is 84.0 Å². The first kappa shape index (κ1) is 20.1. The normalized spacial score (nSPS) is 14.1. The zero-order valence-electron chi connectivity index (χ0n) is 16.6. The van der Waals surface area contributed by atoms with Gasteiger partial charge in [0.15, 0.2) is 0 Å². The Labute approximate surface area is 164 Å². The fraction of sp³-hybridized carbons (Fsp3) is 0.500. The number of H-pyrrole nitrogens is 1. The van der Waals surface area contributed by atoms with Crippen LogP contribution in [0.25, 0.3) is 10.9 Å². The van der Waals surface area contributed by atoms with Gasteiger partial charge in [0.05, 0.1) is 10.9 Å². The largest absolute Gasteiger partial charge is 0.352 e. The number of unbranched alkanes of at least 4 members (excludes halogenated alkanes) is 2. The fourth-order valence-corrected chi connectivity index (χ4v) is 3.69. The molecule has 1 heterocycles. The standard InChI is InChI=1S/C22H29N3O3/c1-2-3-7-14-25-21(27)18-11-10-17(15-19(18)24-22(25)28)20(26)23-13-12-16-8-5-4-6-9-16/h8,10-11,15H,2-7,9,12-14H2,1H3,(H,23,26)(H,24,28). The van der Waals surface area contributed by atoms with Gasteiger partial charge in [-0.2, -0.15) is 0 Å². The van der Waals surface area contributed by atoms with E-state index in [0.717, 1.165) is 38.5 Å². The zero-order chi connectivity index (χ0) is 19.9. The molecule has 0 spiro atoms. The van der Waals surface area contributed by atoms with Gasteiger partial charge in [-0.15, -0.1) is 0 Å². The van der Waals surface area contributed by atoms with E-state index in [2.05, 4.69) is 23.3 Å². The predicted molar refractivity (Wildman–Crippen MR) is 112 cm³/mol. The number of benzene rings is 1. The molecule has 1 aromatic carbocycles. The van der Waals surface area contributed by atoms with Crippen molar-refractivity contribution in [1.29, 1.82) is 0 Å². The van der Waals surface area contributed by atoms with E-state index in [1.165, 1.54) is 23.0 Å². The number of nitrogens with zero attached hydrogens (tertiary/aromatic N) is 1. The van der Waals surface area contributed by atoms with Crippen LogP contribution in [0.15, 0.2) is 39.4 Å². The van der Waals surface area contributed by atoms with Crippen LogP contribution in [0.5, 0.6) is 0 Å². The minimum Gasteiger partial charge on any atom is -0.352 e. The molecule has 1 aliphatic rings. The Morgan fingerprint density at radius 3 is 2.82 bits per heavy atom. The van der Waals surface area contributed by atoms with Crippen LogP contribution in [-0.4, -0.2) is 22.0 Å². The smallest absolute Gasteiger partial charge is 0.328 e. The summed E-state index contributed by atoms with van der Waals surface area (Å²) in [6.45, 7) is 3.08. The average Bonchev–Trinajstić information content (AvgIpc) is 2.71. The van der Waals surface area contributed by atoms with Gasteiger partial charge in [-0.3, -0.25) is 14.2 Å². The first-order valence-corrected chi connectivity index (χ1v) is 10.3. The van der Waals surface area contributed by atoms with Gasteiger partial charge in [-0.25, -0.2) is 4.79 Å². The molecule has 2 aromatic rings. The summed E-state index contributed by atoms with van der Waals surface area (Å²) in [5.74, 6) is -0.189. The zero-order valence-corrected chi connectivity index (χ0v) is 16.6. The molecule has 28 heavy (non-hydrogen) atoms. The van der Waals surface area contributed by atoms with Crippen molar-refractivity contribution in [3.63, 3.8) is 0 Å². The lowest BCUT2D eigenvalue weighted by Crippen LogP contribution is -2.35. The number of aromatic amines is 1. The van der Waals surface area contributed by atoms with Gasteiger partial charge in [0.1, 0.15) is 0 Å². The highest BCUT2D eigenvalue weighted by molar-refractivity contribution is 5.97. The molecular weight excluding hydrogens is 354 g/mol. The summed E-state index contributed by atoms with van der Waals surface area (Å²) < 4.78 is 1.25. The van der Waals surface area contributed by atoms with Crippen LogP contribution in [0.3, 0.4) is 0 Å². The number of aromatic nitrogens is 2. The summed E-state index contributed by atoms with van der Waals surface area (Å²) in [5.41, 5.74) is 1.55. The first-order chi connectivity index (χ1) is 13.6. The highest BCUT2D eigenvalue weighted by Gasteiger charge is 2.12. The molecule has 0 aliphatic heterocycles. The number of fused-ring (bicyclic) bond motifs is 1. The van der Waals surface area contributed by atoms with Gasteiger partial charge in [0, 0.05) is 18.7 Å². The fourth-order valence-electron chi connectivity index (χ4n) is 3.69. The molecule has 150 valence electrons. The van der Waals surface area contributed by atoms with E-state index in [1.54, 1.807) is 18.2 Å². The number of amides is 1. The van der Waals surface area contributed by atoms with Crippen LogP contribution in [0, 0.1) is 0 Å². The van der Waals surface area contributed by atoms with E-state index in [9.17, 15) is 14.4 Å². The number of nitrogens with one attached hydrogen (secondary N) is 2. The van der Waals surface area contributed by atoms with Crippen LogP contribution in [0.2, 0.25) is 0 Å². The molecule has 0 fully saturated rings. The molecule has 1 aliphatic carbocycles. The number of carbonyl (C=O) groups is 1.